The standard InChI is InChI=1S/C10H13N3O4/c1-12-4-5(3-11-12)7-6(10(16)17)8(14)9(15)13(7)2/h3-4,6-8,14H,1-2H3,(H,16,17)/t6-,7-,8-/m0/s1. The third-order valence-electron chi connectivity index (χ3n) is 3.05. The Bertz CT molecular complexity index is 470. The van der Waals surface area contributed by atoms with Crippen LogP contribution in [-0.4, -0.2) is 49.9 Å². The first-order chi connectivity index (χ1) is 7.93. The molecule has 1 saturated heterocycles. The minimum atomic E-state index is -1.50. The maximum Gasteiger partial charge on any atom is 0.312 e. The van der Waals surface area contributed by atoms with Crippen LogP contribution in [0.4, 0.5) is 0 Å². The van der Waals surface area contributed by atoms with Gasteiger partial charge in [0.2, 0.25) is 0 Å². The average molecular weight is 239 g/mol. The third kappa shape index (κ3) is 1.68. The van der Waals surface area contributed by atoms with Crippen LogP contribution >= 0.6 is 0 Å². The van der Waals surface area contributed by atoms with Gasteiger partial charge in [-0.05, 0) is 0 Å². The van der Waals surface area contributed by atoms with Crippen LogP contribution in [0.25, 0.3) is 0 Å². The number of nitrogens with zero attached hydrogens (tertiary/aromatic N) is 3. The van der Waals surface area contributed by atoms with Gasteiger partial charge in [0.25, 0.3) is 5.91 Å². The zero-order chi connectivity index (χ0) is 12.7. The molecule has 0 radical (unpaired) electrons. The molecule has 7 nitrogen and oxygen atoms in total. The van der Waals surface area contributed by atoms with Crippen molar-refractivity contribution in [2.24, 2.45) is 13.0 Å². The molecule has 0 aliphatic carbocycles. The highest BCUT2D eigenvalue weighted by Crippen LogP contribution is 2.37. The summed E-state index contributed by atoms with van der Waals surface area (Å²) in [5, 5.41) is 22.7. The largest absolute Gasteiger partial charge is 0.481 e. The lowest BCUT2D eigenvalue weighted by atomic mass is 9.94. The van der Waals surface area contributed by atoms with Gasteiger partial charge in [-0.3, -0.25) is 14.3 Å². The van der Waals surface area contributed by atoms with Crippen molar-refractivity contribution in [1.29, 1.82) is 0 Å². The van der Waals surface area contributed by atoms with E-state index < -0.39 is 29.9 Å². The van der Waals surface area contributed by atoms with Crippen molar-refractivity contribution in [3.8, 4) is 0 Å². The quantitative estimate of drug-likeness (QED) is 0.689. The molecule has 7 heteroatoms. The van der Waals surface area contributed by atoms with E-state index in [1.54, 1.807) is 13.2 Å². The van der Waals surface area contributed by atoms with Crippen LogP contribution in [0.2, 0.25) is 0 Å². The summed E-state index contributed by atoms with van der Waals surface area (Å²) < 4.78 is 1.53. The second-order valence-electron chi connectivity index (χ2n) is 4.15. The van der Waals surface area contributed by atoms with Gasteiger partial charge in [0.15, 0.2) is 0 Å². The van der Waals surface area contributed by atoms with E-state index in [0.29, 0.717) is 5.56 Å². The van der Waals surface area contributed by atoms with Crippen molar-refractivity contribution in [1.82, 2.24) is 14.7 Å². The fourth-order valence-corrected chi connectivity index (χ4v) is 2.21. The fraction of sp³-hybridized carbons (Fsp3) is 0.500. The highest BCUT2D eigenvalue weighted by molar-refractivity contribution is 5.91. The van der Waals surface area contributed by atoms with Gasteiger partial charge in [0.05, 0.1) is 12.2 Å². The fourth-order valence-electron chi connectivity index (χ4n) is 2.21. The Kier molecular flexibility index (Phi) is 2.62. The Hall–Kier alpha value is -1.89. The summed E-state index contributed by atoms with van der Waals surface area (Å²) in [6.07, 6.45) is 1.65. The van der Waals surface area contributed by atoms with Gasteiger partial charge in [-0.1, -0.05) is 0 Å². The average Bonchev–Trinajstić information content (AvgIpc) is 2.76. The molecular weight excluding hydrogens is 226 g/mol. The molecule has 2 rings (SSSR count). The number of aliphatic carboxylic acids is 1. The number of amides is 1. The molecule has 0 bridgehead atoms. The maximum atomic E-state index is 11.6. The van der Waals surface area contributed by atoms with E-state index in [9.17, 15) is 14.7 Å². The van der Waals surface area contributed by atoms with Gasteiger partial charge in [0, 0.05) is 25.9 Å². The van der Waals surface area contributed by atoms with Gasteiger partial charge in [-0.2, -0.15) is 5.10 Å². The number of likely N-dealkylation sites (N-methyl/N-ethyl adjacent to an activating group) is 1. The molecule has 1 aliphatic heterocycles. The lowest BCUT2D eigenvalue weighted by molar-refractivity contribution is -0.147. The summed E-state index contributed by atoms with van der Waals surface area (Å²) in [5.74, 6) is -2.92. The number of hydrogen-bond acceptors (Lipinski definition) is 4. The number of aryl methyl sites for hydroxylation is 1. The maximum absolute atomic E-state index is 11.6. The molecule has 1 aromatic heterocycles. The van der Waals surface area contributed by atoms with Crippen LogP contribution in [0.1, 0.15) is 11.6 Å². The molecule has 0 saturated carbocycles. The van der Waals surface area contributed by atoms with E-state index in [1.165, 1.54) is 22.8 Å². The number of carboxylic acid groups (broad SMARTS) is 1. The monoisotopic (exact) mass is 239 g/mol. The zero-order valence-electron chi connectivity index (χ0n) is 9.44. The molecule has 3 atom stereocenters. The molecule has 1 aromatic rings. The number of aliphatic hydroxyl groups excluding tert-OH is 1. The number of carbonyl (C=O) groups excluding carboxylic acids is 1. The third-order valence-corrected chi connectivity index (χ3v) is 3.05. The van der Waals surface area contributed by atoms with Crippen LogP contribution < -0.4 is 0 Å². The Morgan fingerprint density at radius 3 is 2.59 bits per heavy atom. The molecule has 0 aromatic carbocycles. The topological polar surface area (TPSA) is 95.7 Å². The number of aromatic nitrogens is 2. The van der Waals surface area contributed by atoms with Crippen molar-refractivity contribution >= 4 is 11.9 Å². The van der Waals surface area contributed by atoms with Gasteiger partial charge in [0.1, 0.15) is 12.0 Å². The summed E-state index contributed by atoms with van der Waals surface area (Å²) in [6, 6.07) is -0.677. The minimum Gasteiger partial charge on any atom is -0.481 e. The molecule has 0 spiro atoms. The zero-order valence-corrected chi connectivity index (χ0v) is 9.44. The number of carbonyl (C=O) groups is 2. The van der Waals surface area contributed by atoms with Crippen LogP contribution in [0.3, 0.4) is 0 Å². The number of hydrogen-bond donors (Lipinski definition) is 2. The van der Waals surface area contributed by atoms with Crippen LogP contribution in [0, 0.1) is 5.92 Å². The summed E-state index contributed by atoms with van der Waals surface area (Å²) in [4.78, 5) is 24.0. The number of aliphatic hydroxyl groups is 1. The van der Waals surface area contributed by atoms with Crippen molar-refractivity contribution in [3.05, 3.63) is 18.0 Å². The van der Waals surface area contributed by atoms with Crippen molar-refractivity contribution < 1.29 is 19.8 Å². The summed E-state index contributed by atoms with van der Waals surface area (Å²) >= 11 is 0. The van der Waals surface area contributed by atoms with Gasteiger partial charge >= 0.3 is 5.97 Å². The molecule has 2 heterocycles. The van der Waals surface area contributed by atoms with E-state index in [4.69, 9.17) is 5.11 Å². The highest BCUT2D eigenvalue weighted by Gasteiger charge is 2.50. The lowest BCUT2D eigenvalue weighted by Crippen LogP contribution is -2.29. The number of rotatable bonds is 2. The van der Waals surface area contributed by atoms with Crippen LogP contribution in [-0.2, 0) is 16.6 Å². The second kappa shape index (κ2) is 3.85. The van der Waals surface area contributed by atoms with Gasteiger partial charge in [-0.15, -0.1) is 0 Å². The van der Waals surface area contributed by atoms with E-state index in [0.717, 1.165) is 0 Å². The molecule has 92 valence electrons. The summed E-state index contributed by atoms with van der Waals surface area (Å²) in [6.45, 7) is 0. The number of likely N-dealkylation sites (tertiary alicyclic amines) is 1. The SMILES string of the molecule is CN1C(=O)[C@@H](O)[C@@H](C(=O)O)[C@@H]1c1cnn(C)c1. The Balaban J connectivity index is 2.43. The van der Waals surface area contributed by atoms with E-state index in [1.807, 2.05) is 0 Å². The van der Waals surface area contributed by atoms with Crippen LogP contribution in [0.15, 0.2) is 12.4 Å². The molecule has 0 unspecified atom stereocenters. The second-order valence-corrected chi connectivity index (χ2v) is 4.15. The summed E-state index contributed by atoms with van der Waals surface area (Å²) in [5.41, 5.74) is 0.604. The van der Waals surface area contributed by atoms with E-state index in [-0.39, 0.29) is 0 Å². The smallest absolute Gasteiger partial charge is 0.312 e. The first-order valence-electron chi connectivity index (χ1n) is 5.09. The Labute approximate surface area is 97.3 Å². The molecular formula is C10H13N3O4. The van der Waals surface area contributed by atoms with Crippen molar-refractivity contribution in [3.63, 3.8) is 0 Å². The molecule has 17 heavy (non-hydrogen) atoms. The first kappa shape index (κ1) is 11.6. The molecule has 1 fully saturated rings. The lowest BCUT2D eigenvalue weighted by Gasteiger charge is -2.21. The van der Waals surface area contributed by atoms with E-state index in [2.05, 4.69) is 5.10 Å². The molecule has 1 amide bonds. The van der Waals surface area contributed by atoms with Gasteiger partial charge in [-0.25, -0.2) is 0 Å². The minimum absolute atomic E-state index is 0.578. The number of carboxylic acids is 1. The van der Waals surface area contributed by atoms with Crippen molar-refractivity contribution in [2.45, 2.75) is 12.1 Å². The normalized spacial score (nSPS) is 28.8. The Morgan fingerprint density at radius 2 is 2.12 bits per heavy atom. The highest BCUT2D eigenvalue weighted by atomic mass is 16.4. The summed E-state index contributed by atoms with van der Waals surface area (Å²) in [7, 11) is 3.18. The van der Waals surface area contributed by atoms with E-state index >= 15 is 0 Å². The Morgan fingerprint density at radius 1 is 1.47 bits per heavy atom. The van der Waals surface area contributed by atoms with Crippen molar-refractivity contribution in [2.75, 3.05) is 7.05 Å². The van der Waals surface area contributed by atoms with Gasteiger partial charge < -0.3 is 15.1 Å². The van der Waals surface area contributed by atoms with Crippen LogP contribution in [0.5, 0.6) is 0 Å². The predicted molar refractivity (Wildman–Crippen MR) is 55.9 cm³/mol. The predicted octanol–water partition coefficient (Wildman–Crippen LogP) is -1.01. The molecule has 2 N–H and O–H groups in total. The molecule has 1 aliphatic rings. The first-order valence-corrected chi connectivity index (χ1v) is 5.09.